The standard InChI is InChI=1S/C15H15N3O5/c16-13(19)11-9-10-3-1-2-4-12(10)18(14(11)20)23-8-6-17-5-7-22-15(17)21/h1-4,9H,5-8H2,(H2,16,19). The molecular weight excluding hydrogens is 302 g/mol. The maximum absolute atomic E-state index is 12.3. The van der Waals surface area contributed by atoms with Crippen LogP contribution in [0.3, 0.4) is 0 Å². The lowest BCUT2D eigenvalue weighted by atomic mass is 10.1. The van der Waals surface area contributed by atoms with Crippen LogP contribution < -0.4 is 16.1 Å². The Morgan fingerprint density at radius 2 is 2.09 bits per heavy atom. The van der Waals surface area contributed by atoms with E-state index in [1.165, 1.54) is 11.0 Å². The minimum atomic E-state index is -0.818. The molecule has 1 aromatic carbocycles. The molecule has 0 aliphatic carbocycles. The number of pyridine rings is 1. The number of nitrogens with two attached hydrogens (primary N) is 1. The number of nitrogens with zero attached hydrogens (tertiary/aromatic N) is 2. The van der Waals surface area contributed by atoms with E-state index in [0.717, 1.165) is 4.73 Å². The van der Waals surface area contributed by atoms with Crippen molar-refractivity contribution in [1.29, 1.82) is 0 Å². The Labute approximate surface area is 130 Å². The highest BCUT2D eigenvalue weighted by Gasteiger charge is 2.21. The van der Waals surface area contributed by atoms with Gasteiger partial charge in [0, 0.05) is 5.39 Å². The Hall–Kier alpha value is -3.03. The van der Waals surface area contributed by atoms with E-state index in [1.807, 2.05) is 0 Å². The van der Waals surface area contributed by atoms with Crippen LogP contribution in [-0.4, -0.2) is 47.9 Å². The first-order valence-corrected chi connectivity index (χ1v) is 7.07. The van der Waals surface area contributed by atoms with Crippen molar-refractivity contribution >= 4 is 22.9 Å². The van der Waals surface area contributed by atoms with E-state index in [4.69, 9.17) is 15.3 Å². The SMILES string of the molecule is NC(=O)c1cc2ccccc2n(OCCN2CCOC2=O)c1=O. The quantitative estimate of drug-likeness (QED) is 0.834. The highest BCUT2D eigenvalue weighted by Crippen LogP contribution is 2.12. The summed E-state index contributed by atoms with van der Waals surface area (Å²) >= 11 is 0. The Bertz CT molecular complexity index is 829. The number of cyclic esters (lactones) is 1. The number of aromatic nitrogens is 1. The van der Waals surface area contributed by atoms with Crippen LogP contribution in [0.1, 0.15) is 10.4 Å². The third kappa shape index (κ3) is 2.83. The largest absolute Gasteiger partial charge is 0.448 e. The van der Waals surface area contributed by atoms with Crippen molar-refractivity contribution in [2.24, 2.45) is 5.73 Å². The third-order valence-corrected chi connectivity index (χ3v) is 3.56. The van der Waals surface area contributed by atoms with Gasteiger partial charge in [0.05, 0.1) is 18.6 Å². The maximum Gasteiger partial charge on any atom is 0.410 e. The molecule has 0 spiro atoms. The number of hydrogen-bond acceptors (Lipinski definition) is 5. The zero-order valence-electron chi connectivity index (χ0n) is 12.2. The third-order valence-electron chi connectivity index (χ3n) is 3.56. The first-order chi connectivity index (χ1) is 11.1. The number of benzene rings is 1. The van der Waals surface area contributed by atoms with Crippen molar-refractivity contribution in [1.82, 2.24) is 9.63 Å². The fourth-order valence-corrected chi connectivity index (χ4v) is 2.41. The number of para-hydroxylation sites is 1. The molecule has 2 N–H and O–H groups in total. The molecule has 1 fully saturated rings. The van der Waals surface area contributed by atoms with Crippen LogP contribution in [0.4, 0.5) is 4.79 Å². The summed E-state index contributed by atoms with van der Waals surface area (Å²) in [7, 11) is 0. The van der Waals surface area contributed by atoms with Crippen molar-refractivity contribution in [3.05, 3.63) is 46.2 Å². The summed E-state index contributed by atoms with van der Waals surface area (Å²) in [4.78, 5) is 42.1. The van der Waals surface area contributed by atoms with Crippen LogP contribution in [0.2, 0.25) is 0 Å². The minimum Gasteiger partial charge on any atom is -0.448 e. The molecule has 8 heteroatoms. The summed E-state index contributed by atoms with van der Waals surface area (Å²) in [6, 6.07) is 8.42. The van der Waals surface area contributed by atoms with Crippen molar-refractivity contribution in [3.8, 4) is 0 Å². The van der Waals surface area contributed by atoms with E-state index in [9.17, 15) is 14.4 Å². The first kappa shape index (κ1) is 14.9. The fourth-order valence-electron chi connectivity index (χ4n) is 2.41. The molecule has 23 heavy (non-hydrogen) atoms. The predicted molar refractivity (Wildman–Crippen MR) is 81.1 cm³/mol. The summed E-state index contributed by atoms with van der Waals surface area (Å²) in [6.45, 7) is 1.19. The minimum absolute atomic E-state index is 0.0845. The molecule has 2 heterocycles. The van der Waals surface area contributed by atoms with Crippen molar-refractivity contribution in [3.63, 3.8) is 0 Å². The van der Waals surface area contributed by atoms with Gasteiger partial charge in [0.2, 0.25) is 0 Å². The van der Waals surface area contributed by atoms with Gasteiger partial charge in [-0.05, 0) is 12.1 Å². The van der Waals surface area contributed by atoms with Gasteiger partial charge in [-0.2, -0.15) is 0 Å². The van der Waals surface area contributed by atoms with Crippen LogP contribution in [-0.2, 0) is 4.74 Å². The Balaban J connectivity index is 1.89. The molecule has 0 bridgehead atoms. The number of hydrogen-bond donors (Lipinski definition) is 1. The first-order valence-electron chi connectivity index (χ1n) is 7.07. The smallest absolute Gasteiger partial charge is 0.410 e. The van der Waals surface area contributed by atoms with Crippen LogP contribution in [0.25, 0.3) is 10.9 Å². The second kappa shape index (κ2) is 5.99. The van der Waals surface area contributed by atoms with Crippen molar-refractivity contribution in [2.75, 3.05) is 26.3 Å². The fraction of sp³-hybridized carbons (Fsp3) is 0.267. The molecule has 1 aliphatic heterocycles. The van der Waals surface area contributed by atoms with E-state index < -0.39 is 17.6 Å². The summed E-state index contributed by atoms with van der Waals surface area (Å²) in [5, 5.41) is 0.654. The predicted octanol–water partition coefficient (Wildman–Crippen LogP) is -0.0188. The Morgan fingerprint density at radius 1 is 1.30 bits per heavy atom. The van der Waals surface area contributed by atoms with Crippen molar-refractivity contribution < 1.29 is 19.2 Å². The topological polar surface area (TPSA) is 104 Å². The second-order valence-electron chi connectivity index (χ2n) is 5.02. The lowest BCUT2D eigenvalue weighted by Gasteiger charge is -2.16. The summed E-state index contributed by atoms with van der Waals surface area (Å²) in [5.41, 5.74) is 4.99. The summed E-state index contributed by atoms with van der Waals surface area (Å²) in [6.07, 6.45) is -0.406. The highest BCUT2D eigenvalue weighted by atomic mass is 16.7. The molecule has 0 atom stereocenters. The number of primary amides is 1. The van der Waals surface area contributed by atoms with Gasteiger partial charge in [0.25, 0.3) is 11.5 Å². The number of carbonyl (C=O) groups is 2. The van der Waals surface area contributed by atoms with Crippen molar-refractivity contribution in [2.45, 2.75) is 0 Å². The molecule has 1 aromatic heterocycles. The summed E-state index contributed by atoms with van der Waals surface area (Å²) < 4.78 is 5.85. The molecule has 2 aromatic rings. The number of fused-ring (bicyclic) bond motifs is 1. The van der Waals surface area contributed by atoms with Gasteiger partial charge in [0.1, 0.15) is 18.8 Å². The number of rotatable bonds is 5. The van der Waals surface area contributed by atoms with E-state index >= 15 is 0 Å². The average molecular weight is 317 g/mol. The van der Waals surface area contributed by atoms with Crippen LogP contribution in [0, 0.1) is 0 Å². The average Bonchev–Trinajstić information content (AvgIpc) is 2.94. The van der Waals surface area contributed by atoms with E-state index in [0.29, 0.717) is 24.1 Å². The van der Waals surface area contributed by atoms with Gasteiger partial charge in [-0.3, -0.25) is 9.59 Å². The van der Waals surface area contributed by atoms with E-state index in [1.54, 1.807) is 24.3 Å². The van der Waals surface area contributed by atoms with Gasteiger partial charge in [-0.1, -0.05) is 18.2 Å². The van der Waals surface area contributed by atoms with Gasteiger partial charge < -0.3 is 20.2 Å². The Morgan fingerprint density at radius 3 is 2.78 bits per heavy atom. The van der Waals surface area contributed by atoms with Gasteiger partial charge >= 0.3 is 6.09 Å². The molecule has 120 valence electrons. The molecule has 0 saturated carbocycles. The normalized spacial score (nSPS) is 14.1. The monoisotopic (exact) mass is 317 g/mol. The Kier molecular flexibility index (Phi) is 3.88. The molecule has 2 amide bonds. The van der Waals surface area contributed by atoms with Crippen LogP contribution in [0.15, 0.2) is 35.1 Å². The van der Waals surface area contributed by atoms with Gasteiger partial charge in [0.15, 0.2) is 0 Å². The summed E-state index contributed by atoms with van der Waals surface area (Å²) in [5.74, 6) is -0.818. The molecular formula is C15H15N3O5. The van der Waals surface area contributed by atoms with E-state index in [-0.39, 0.29) is 18.7 Å². The zero-order chi connectivity index (χ0) is 16.4. The highest BCUT2D eigenvalue weighted by molar-refractivity contribution is 5.96. The molecule has 8 nitrogen and oxygen atoms in total. The van der Waals surface area contributed by atoms with Crippen LogP contribution >= 0.6 is 0 Å². The lowest BCUT2D eigenvalue weighted by molar-refractivity contribution is 0.0905. The molecule has 0 unspecified atom stereocenters. The molecule has 3 rings (SSSR count). The molecule has 1 aliphatic rings. The maximum atomic E-state index is 12.3. The van der Waals surface area contributed by atoms with Gasteiger partial charge in [-0.25, -0.2) is 4.79 Å². The van der Waals surface area contributed by atoms with Crippen LogP contribution in [0.5, 0.6) is 0 Å². The molecule has 1 saturated heterocycles. The van der Waals surface area contributed by atoms with E-state index in [2.05, 4.69) is 0 Å². The zero-order valence-corrected chi connectivity index (χ0v) is 12.2. The second-order valence-corrected chi connectivity index (χ2v) is 5.02. The lowest BCUT2D eigenvalue weighted by Crippen LogP contribution is -2.37. The van der Waals surface area contributed by atoms with Gasteiger partial charge in [-0.15, -0.1) is 4.73 Å². The number of ether oxygens (including phenoxy) is 1. The number of amides is 2. The molecule has 0 radical (unpaired) electrons. The number of carbonyl (C=O) groups excluding carboxylic acids is 2.